The Balaban J connectivity index is 1.95. The van der Waals surface area contributed by atoms with E-state index in [-0.39, 0.29) is 4.90 Å². The fraction of sp³-hybridized carbons (Fsp3) is 0.263. The summed E-state index contributed by atoms with van der Waals surface area (Å²) >= 11 is 0. The molecule has 0 bridgehead atoms. The van der Waals surface area contributed by atoms with Crippen LogP contribution in [0.2, 0.25) is 0 Å². The second-order valence-corrected chi connectivity index (χ2v) is 7.62. The average Bonchev–Trinajstić information content (AvgIpc) is 2.62. The van der Waals surface area contributed by atoms with E-state index in [4.69, 9.17) is 4.74 Å². The van der Waals surface area contributed by atoms with Crippen LogP contribution in [0.4, 0.5) is 10.5 Å². The van der Waals surface area contributed by atoms with E-state index in [2.05, 4.69) is 5.32 Å². The molecule has 0 saturated carbocycles. The summed E-state index contributed by atoms with van der Waals surface area (Å²) in [4.78, 5) is 23.8. The number of urea groups is 1. The topological polar surface area (TPSA) is 102 Å². The van der Waals surface area contributed by atoms with Crippen LogP contribution in [-0.4, -0.2) is 27.0 Å². The zero-order valence-corrected chi connectivity index (χ0v) is 16.0. The first-order valence-electron chi connectivity index (χ1n) is 8.49. The lowest BCUT2D eigenvalue weighted by Gasteiger charge is -2.09. The quantitative estimate of drug-likeness (QED) is 0.557. The third kappa shape index (κ3) is 6.10. The molecular weight excluding hydrogens is 368 g/mol. The summed E-state index contributed by atoms with van der Waals surface area (Å²) in [7, 11) is -3.97. The van der Waals surface area contributed by atoms with Crippen LogP contribution in [0.15, 0.2) is 53.4 Å². The fourth-order valence-corrected chi connectivity index (χ4v) is 3.04. The minimum Gasteiger partial charge on any atom is -0.462 e. The number of carbonyl (C=O) groups is 2. The van der Waals surface area contributed by atoms with Crippen molar-refractivity contribution in [2.45, 2.75) is 31.6 Å². The van der Waals surface area contributed by atoms with Crippen LogP contribution in [0.3, 0.4) is 0 Å². The van der Waals surface area contributed by atoms with Crippen LogP contribution in [0.1, 0.15) is 35.7 Å². The summed E-state index contributed by atoms with van der Waals surface area (Å²) in [5, 5.41) is 2.42. The number of unbranched alkanes of at least 4 members (excludes halogenated alkanes) is 1. The molecule has 0 spiro atoms. The minimum absolute atomic E-state index is 0.00609. The van der Waals surface area contributed by atoms with E-state index in [1.165, 1.54) is 36.4 Å². The van der Waals surface area contributed by atoms with E-state index in [9.17, 15) is 18.0 Å². The Morgan fingerprint density at radius 1 is 1.00 bits per heavy atom. The number of carbonyl (C=O) groups excluding carboxylic acids is 2. The van der Waals surface area contributed by atoms with Gasteiger partial charge < -0.3 is 10.1 Å². The smallest absolute Gasteiger partial charge is 0.338 e. The lowest BCUT2D eigenvalue weighted by Crippen LogP contribution is -2.34. The van der Waals surface area contributed by atoms with Crippen LogP contribution >= 0.6 is 0 Å². The molecule has 2 aromatic carbocycles. The zero-order chi connectivity index (χ0) is 19.9. The number of amides is 2. The Morgan fingerprint density at radius 3 is 2.22 bits per heavy atom. The van der Waals surface area contributed by atoms with E-state index in [1.54, 1.807) is 12.1 Å². The number of hydrogen-bond donors (Lipinski definition) is 2. The molecule has 0 aliphatic rings. The molecule has 0 fully saturated rings. The van der Waals surface area contributed by atoms with Crippen molar-refractivity contribution in [1.29, 1.82) is 0 Å². The molecule has 144 valence electrons. The summed E-state index contributed by atoms with van der Waals surface area (Å²) in [6, 6.07) is 11.2. The largest absolute Gasteiger partial charge is 0.462 e. The minimum atomic E-state index is -3.97. The van der Waals surface area contributed by atoms with Crippen LogP contribution in [0.25, 0.3) is 0 Å². The van der Waals surface area contributed by atoms with Crippen LogP contribution in [-0.2, 0) is 14.8 Å². The van der Waals surface area contributed by atoms with Gasteiger partial charge in [0.1, 0.15) is 0 Å². The normalized spacial score (nSPS) is 10.9. The number of esters is 1. The van der Waals surface area contributed by atoms with Gasteiger partial charge in [-0.25, -0.2) is 22.7 Å². The summed E-state index contributed by atoms with van der Waals surface area (Å²) < 4.78 is 31.4. The average molecular weight is 390 g/mol. The third-order valence-electron chi connectivity index (χ3n) is 3.67. The van der Waals surface area contributed by atoms with Gasteiger partial charge in [-0.05, 0) is 49.7 Å². The Kier molecular flexibility index (Phi) is 6.95. The van der Waals surface area contributed by atoms with Crippen molar-refractivity contribution in [2.24, 2.45) is 0 Å². The number of benzene rings is 2. The Labute approximate surface area is 158 Å². The van der Waals surface area contributed by atoms with Crippen LogP contribution in [0, 0.1) is 6.92 Å². The molecule has 2 aromatic rings. The van der Waals surface area contributed by atoms with Gasteiger partial charge in [0.15, 0.2) is 0 Å². The first-order chi connectivity index (χ1) is 12.8. The molecule has 2 N–H and O–H groups in total. The maximum Gasteiger partial charge on any atom is 0.338 e. The van der Waals surface area contributed by atoms with Crippen molar-refractivity contribution in [3.05, 3.63) is 59.7 Å². The SMILES string of the molecule is CCCCOC(=O)c1ccc(NC(=O)NS(=O)(=O)c2ccc(C)cc2)cc1. The molecule has 2 amide bonds. The molecule has 7 nitrogen and oxygen atoms in total. The number of sulfonamides is 1. The molecule has 27 heavy (non-hydrogen) atoms. The number of aryl methyl sites for hydroxylation is 1. The summed E-state index contributed by atoms with van der Waals surface area (Å²) in [6.45, 7) is 4.19. The van der Waals surface area contributed by atoms with Crippen LogP contribution < -0.4 is 10.0 Å². The first kappa shape index (κ1) is 20.4. The molecule has 0 radical (unpaired) electrons. The fourth-order valence-electron chi connectivity index (χ4n) is 2.14. The van der Waals surface area contributed by atoms with Gasteiger partial charge in [-0.1, -0.05) is 31.0 Å². The van der Waals surface area contributed by atoms with Crippen molar-refractivity contribution in [3.63, 3.8) is 0 Å². The van der Waals surface area contributed by atoms with Crippen molar-refractivity contribution >= 4 is 27.7 Å². The molecule has 2 rings (SSSR count). The van der Waals surface area contributed by atoms with E-state index in [0.29, 0.717) is 17.9 Å². The van der Waals surface area contributed by atoms with E-state index < -0.39 is 22.0 Å². The van der Waals surface area contributed by atoms with Crippen molar-refractivity contribution in [3.8, 4) is 0 Å². The molecule has 0 atom stereocenters. The van der Waals surface area contributed by atoms with Gasteiger partial charge in [0.2, 0.25) is 0 Å². The standard InChI is InChI=1S/C19H22N2O5S/c1-3-4-13-26-18(22)15-7-9-16(10-8-15)20-19(23)21-27(24,25)17-11-5-14(2)6-12-17/h5-12H,3-4,13H2,1-2H3,(H2,20,21,23). The summed E-state index contributed by atoms with van der Waals surface area (Å²) in [5.74, 6) is -0.443. The highest BCUT2D eigenvalue weighted by molar-refractivity contribution is 7.90. The molecule has 0 saturated heterocycles. The van der Waals surface area contributed by atoms with Gasteiger partial charge in [-0.2, -0.15) is 0 Å². The first-order valence-corrected chi connectivity index (χ1v) is 9.98. The number of ether oxygens (including phenoxy) is 1. The van der Waals surface area contributed by atoms with Gasteiger partial charge in [0.25, 0.3) is 10.0 Å². The van der Waals surface area contributed by atoms with Crippen molar-refractivity contribution < 1.29 is 22.7 Å². The number of rotatable bonds is 7. The summed E-state index contributed by atoms with van der Waals surface area (Å²) in [6.07, 6.45) is 1.72. The van der Waals surface area contributed by atoms with E-state index in [0.717, 1.165) is 18.4 Å². The van der Waals surface area contributed by atoms with Gasteiger partial charge >= 0.3 is 12.0 Å². The molecule has 0 aliphatic carbocycles. The third-order valence-corrected chi connectivity index (χ3v) is 5.01. The molecule has 0 heterocycles. The highest BCUT2D eigenvalue weighted by Gasteiger charge is 2.17. The maximum absolute atomic E-state index is 12.2. The van der Waals surface area contributed by atoms with Gasteiger partial charge in [-0.15, -0.1) is 0 Å². The molecule has 0 aliphatic heterocycles. The molecule has 0 unspecified atom stereocenters. The Hall–Kier alpha value is -2.87. The predicted molar refractivity (Wildman–Crippen MR) is 102 cm³/mol. The lowest BCUT2D eigenvalue weighted by atomic mass is 10.2. The predicted octanol–water partition coefficient (Wildman–Crippen LogP) is 3.46. The second kappa shape index (κ2) is 9.18. The van der Waals surface area contributed by atoms with Gasteiger partial charge in [0, 0.05) is 5.69 Å². The van der Waals surface area contributed by atoms with Gasteiger partial charge in [-0.3, -0.25) is 0 Å². The number of hydrogen-bond acceptors (Lipinski definition) is 5. The Bertz CT molecular complexity index is 891. The molecule has 8 heteroatoms. The summed E-state index contributed by atoms with van der Waals surface area (Å²) in [5.41, 5.74) is 1.60. The van der Waals surface area contributed by atoms with Crippen molar-refractivity contribution in [2.75, 3.05) is 11.9 Å². The maximum atomic E-state index is 12.2. The lowest BCUT2D eigenvalue weighted by molar-refractivity contribution is 0.0499. The van der Waals surface area contributed by atoms with Crippen LogP contribution in [0.5, 0.6) is 0 Å². The number of nitrogens with one attached hydrogen (secondary N) is 2. The van der Waals surface area contributed by atoms with Gasteiger partial charge in [0.05, 0.1) is 17.1 Å². The van der Waals surface area contributed by atoms with E-state index in [1.807, 2.05) is 18.6 Å². The molecular formula is C19H22N2O5S. The van der Waals surface area contributed by atoms with Crippen molar-refractivity contribution in [1.82, 2.24) is 4.72 Å². The monoisotopic (exact) mass is 390 g/mol. The highest BCUT2D eigenvalue weighted by atomic mass is 32.2. The van der Waals surface area contributed by atoms with E-state index >= 15 is 0 Å². The highest BCUT2D eigenvalue weighted by Crippen LogP contribution is 2.13. The zero-order valence-electron chi connectivity index (χ0n) is 15.2. The number of anilines is 1. The second-order valence-electron chi connectivity index (χ2n) is 5.94. The Morgan fingerprint density at radius 2 is 1.63 bits per heavy atom. The molecule has 0 aromatic heterocycles.